The Morgan fingerprint density at radius 2 is 2.04 bits per heavy atom. The smallest absolute Gasteiger partial charge is 0.416 e. The van der Waals surface area contributed by atoms with Crippen LogP contribution >= 0.6 is 0 Å². The van der Waals surface area contributed by atoms with Gasteiger partial charge in [-0.3, -0.25) is 9.69 Å². The number of carboxylic acids is 1. The first-order valence-corrected chi connectivity index (χ1v) is 8.85. The number of alkyl halides is 3. The highest BCUT2D eigenvalue weighted by atomic mass is 19.4. The van der Waals surface area contributed by atoms with E-state index >= 15 is 0 Å². The van der Waals surface area contributed by atoms with E-state index in [1.807, 2.05) is 11.8 Å². The number of urea groups is 1. The molecule has 0 bridgehead atoms. The molecule has 2 amide bonds. The van der Waals surface area contributed by atoms with Crippen molar-refractivity contribution in [3.8, 4) is 11.8 Å². The molecule has 2 rings (SSSR count). The first kappa shape index (κ1) is 21.6. The van der Waals surface area contributed by atoms with Gasteiger partial charge in [0.25, 0.3) is 0 Å². The summed E-state index contributed by atoms with van der Waals surface area (Å²) in [5, 5.41) is 14.2. The molecule has 0 spiro atoms. The Kier molecular flexibility index (Phi) is 7.29. The van der Waals surface area contributed by atoms with Crippen molar-refractivity contribution in [3.63, 3.8) is 0 Å². The molecule has 0 aliphatic heterocycles. The first-order chi connectivity index (χ1) is 13.2. The molecule has 1 aromatic rings. The predicted octanol–water partition coefficient (Wildman–Crippen LogP) is 2.29. The topological polar surface area (TPSA) is 81.7 Å². The number of aliphatic carboxylic acids is 1. The van der Waals surface area contributed by atoms with E-state index in [-0.39, 0.29) is 30.7 Å². The second kappa shape index (κ2) is 9.46. The van der Waals surface area contributed by atoms with Crippen LogP contribution < -0.4 is 10.6 Å². The minimum atomic E-state index is -4.42. The Hall–Kier alpha value is -2.73. The molecule has 1 saturated carbocycles. The van der Waals surface area contributed by atoms with Gasteiger partial charge in [0.2, 0.25) is 0 Å². The first-order valence-electron chi connectivity index (χ1n) is 8.85. The van der Waals surface area contributed by atoms with Crippen LogP contribution in [-0.4, -0.2) is 53.7 Å². The zero-order chi connectivity index (χ0) is 20.7. The third-order valence-electron chi connectivity index (χ3n) is 4.47. The quantitative estimate of drug-likeness (QED) is 0.644. The highest BCUT2D eigenvalue weighted by molar-refractivity contribution is 5.74. The van der Waals surface area contributed by atoms with Crippen LogP contribution in [0, 0.1) is 11.8 Å². The molecule has 0 aromatic heterocycles. The summed E-state index contributed by atoms with van der Waals surface area (Å²) in [6.07, 6.45) is -3.08. The maximum atomic E-state index is 12.6. The summed E-state index contributed by atoms with van der Waals surface area (Å²) in [6, 6.07) is 4.36. The summed E-state index contributed by atoms with van der Waals surface area (Å²) in [7, 11) is 0. The Balaban J connectivity index is 1.72. The number of carboxylic acid groups (broad SMARTS) is 1. The molecule has 3 N–H and O–H groups in total. The molecule has 1 fully saturated rings. The minimum Gasteiger partial charge on any atom is -0.480 e. The maximum absolute atomic E-state index is 12.6. The molecular formula is C19H22F3N3O3. The van der Waals surface area contributed by atoms with E-state index in [2.05, 4.69) is 22.5 Å². The van der Waals surface area contributed by atoms with Gasteiger partial charge in [-0.15, -0.1) is 0 Å². The minimum absolute atomic E-state index is 0.00166. The fourth-order valence-corrected chi connectivity index (χ4v) is 2.96. The monoisotopic (exact) mass is 397 g/mol. The number of amides is 2. The number of carbonyl (C=O) groups excluding carboxylic acids is 1. The van der Waals surface area contributed by atoms with Crippen molar-refractivity contribution < 1.29 is 27.9 Å². The number of hydrogen-bond donors (Lipinski definition) is 3. The maximum Gasteiger partial charge on any atom is 0.416 e. The summed E-state index contributed by atoms with van der Waals surface area (Å²) in [5.41, 5.74) is -0.550. The van der Waals surface area contributed by atoms with Crippen molar-refractivity contribution in [2.24, 2.45) is 0 Å². The molecule has 1 aromatic carbocycles. The van der Waals surface area contributed by atoms with Crippen LogP contribution in [0.25, 0.3) is 0 Å². The molecule has 1 aliphatic rings. The number of nitrogens with zero attached hydrogens (tertiary/aromatic N) is 1. The van der Waals surface area contributed by atoms with Crippen LogP contribution in [-0.2, 0) is 11.0 Å². The number of halogens is 3. The molecular weight excluding hydrogens is 375 g/mol. The average molecular weight is 397 g/mol. The van der Waals surface area contributed by atoms with Gasteiger partial charge >= 0.3 is 18.2 Å². The Labute approximate surface area is 161 Å². The van der Waals surface area contributed by atoms with Gasteiger partial charge in [-0.1, -0.05) is 24.8 Å². The van der Waals surface area contributed by atoms with Crippen LogP contribution in [0.3, 0.4) is 0 Å². The van der Waals surface area contributed by atoms with E-state index in [1.54, 1.807) is 0 Å². The van der Waals surface area contributed by atoms with Crippen LogP contribution in [0.1, 0.15) is 30.9 Å². The van der Waals surface area contributed by atoms with E-state index in [9.17, 15) is 22.8 Å². The van der Waals surface area contributed by atoms with Gasteiger partial charge in [0.15, 0.2) is 0 Å². The lowest BCUT2D eigenvalue weighted by Crippen LogP contribution is -2.56. The van der Waals surface area contributed by atoms with Crippen molar-refractivity contribution in [2.75, 3.05) is 19.6 Å². The molecule has 28 heavy (non-hydrogen) atoms. The summed E-state index contributed by atoms with van der Waals surface area (Å²) >= 11 is 0. The van der Waals surface area contributed by atoms with Crippen LogP contribution in [0.5, 0.6) is 0 Å². The van der Waals surface area contributed by atoms with E-state index in [1.165, 1.54) is 12.1 Å². The lowest BCUT2D eigenvalue weighted by Gasteiger charge is -2.42. The fraction of sp³-hybridized carbons (Fsp3) is 0.474. The van der Waals surface area contributed by atoms with Crippen molar-refractivity contribution >= 4 is 12.0 Å². The summed E-state index contributed by atoms with van der Waals surface area (Å²) in [5.74, 6) is 4.32. The van der Waals surface area contributed by atoms with Gasteiger partial charge in [0.1, 0.15) is 0 Å². The van der Waals surface area contributed by atoms with Crippen LogP contribution in [0.4, 0.5) is 18.0 Å². The zero-order valence-corrected chi connectivity index (χ0v) is 15.3. The summed E-state index contributed by atoms with van der Waals surface area (Å²) in [6.45, 7) is 2.49. The lowest BCUT2D eigenvalue weighted by atomic mass is 9.85. The average Bonchev–Trinajstić information content (AvgIpc) is 2.59. The Morgan fingerprint density at radius 1 is 1.32 bits per heavy atom. The molecule has 0 radical (unpaired) electrons. The fourth-order valence-electron chi connectivity index (χ4n) is 2.96. The summed E-state index contributed by atoms with van der Waals surface area (Å²) < 4.78 is 37.9. The van der Waals surface area contributed by atoms with Gasteiger partial charge in [0.05, 0.1) is 18.7 Å². The molecule has 1 aliphatic carbocycles. The van der Waals surface area contributed by atoms with E-state index < -0.39 is 23.7 Å². The second-order valence-electron chi connectivity index (χ2n) is 6.49. The molecule has 9 heteroatoms. The van der Waals surface area contributed by atoms with Crippen LogP contribution in [0.2, 0.25) is 0 Å². The highest BCUT2D eigenvalue weighted by Gasteiger charge is 2.34. The third-order valence-corrected chi connectivity index (χ3v) is 4.47. The SMILES string of the molecule is CCN(CC(=O)O)C1CC(NC(=O)NCC#Cc2cccc(C(F)(F)F)c2)C1. The molecule has 152 valence electrons. The number of benzene rings is 1. The van der Waals surface area contributed by atoms with Crippen molar-refractivity contribution in [1.29, 1.82) is 0 Å². The number of likely N-dealkylation sites (N-methyl/N-ethyl adjacent to an activating group) is 1. The van der Waals surface area contributed by atoms with Gasteiger partial charge in [-0.25, -0.2) is 4.79 Å². The van der Waals surface area contributed by atoms with Crippen molar-refractivity contribution in [3.05, 3.63) is 35.4 Å². The molecule has 0 saturated heterocycles. The van der Waals surface area contributed by atoms with Gasteiger partial charge in [0, 0.05) is 17.6 Å². The number of rotatable bonds is 6. The Morgan fingerprint density at radius 3 is 2.64 bits per heavy atom. The number of hydrogen-bond acceptors (Lipinski definition) is 3. The molecule has 0 heterocycles. The summed E-state index contributed by atoms with van der Waals surface area (Å²) in [4.78, 5) is 24.5. The van der Waals surface area contributed by atoms with Crippen LogP contribution in [0.15, 0.2) is 24.3 Å². The molecule has 0 unspecified atom stereocenters. The number of carbonyl (C=O) groups is 2. The van der Waals surface area contributed by atoms with E-state index in [0.717, 1.165) is 12.1 Å². The third kappa shape index (κ3) is 6.46. The largest absolute Gasteiger partial charge is 0.480 e. The van der Waals surface area contributed by atoms with Crippen molar-refractivity contribution in [1.82, 2.24) is 15.5 Å². The number of nitrogens with one attached hydrogen (secondary N) is 2. The molecule has 0 atom stereocenters. The second-order valence-corrected chi connectivity index (χ2v) is 6.49. The van der Waals surface area contributed by atoms with Gasteiger partial charge < -0.3 is 15.7 Å². The van der Waals surface area contributed by atoms with E-state index in [0.29, 0.717) is 19.4 Å². The molecule has 6 nitrogen and oxygen atoms in total. The zero-order valence-electron chi connectivity index (χ0n) is 15.3. The highest BCUT2D eigenvalue weighted by Crippen LogP contribution is 2.29. The van der Waals surface area contributed by atoms with Gasteiger partial charge in [-0.2, -0.15) is 13.2 Å². The Bertz CT molecular complexity index is 765. The van der Waals surface area contributed by atoms with Crippen molar-refractivity contribution in [2.45, 2.75) is 38.0 Å². The predicted molar refractivity (Wildman–Crippen MR) is 96.5 cm³/mol. The standard InChI is InChI=1S/C19H22F3N3O3/c1-2-25(12-17(26)27)16-10-15(11-16)24-18(28)23-8-4-6-13-5-3-7-14(9-13)19(20,21)22/h3,5,7,9,15-16H,2,8,10-12H2,1H3,(H,26,27)(H2,23,24,28). The van der Waals surface area contributed by atoms with E-state index in [4.69, 9.17) is 5.11 Å². The van der Waals surface area contributed by atoms with Gasteiger partial charge in [-0.05, 0) is 37.6 Å². The normalized spacial score (nSPS) is 18.6. The lowest BCUT2D eigenvalue weighted by molar-refractivity contribution is -0.139.